The van der Waals surface area contributed by atoms with Crippen LogP contribution in [0.4, 0.5) is 0 Å². The monoisotopic (exact) mass is 166 g/mol. The summed E-state index contributed by atoms with van der Waals surface area (Å²) in [4.78, 5) is 21.8. The van der Waals surface area contributed by atoms with Crippen molar-refractivity contribution in [3.05, 3.63) is 24.0 Å². The predicted molar refractivity (Wildman–Crippen MR) is 43.5 cm³/mol. The summed E-state index contributed by atoms with van der Waals surface area (Å²) in [6.45, 7) is 2.41. The standard InChI is InChI=1S/C9H10O3/c1-2-5-12-9-6-7(10)3-4-8(9)11/h3-4,6H,2,5H2,1H3. The smallest absolute Gasteiger partial charge is 0.220 e. The molecule has 1 rings (SSSR count). The third-order valence-corrected chi connectivity index (χ3v) is 1.38. The van der Waals surface area contributed by atoms with Crippen molar-refractivity contribution in [1.29, 1.82) is 0 Å². The second-order valence-corrected chi connectivity index (χ2v) is 2.46. The van der Waals surface area contributed by atoms with Crippen LogP contribution in [0.1, 0.15) is 13.3 Å². The van der Waals surface area contributed by atoms with Crippen molar-refractivity contribution in [3.63, 3.8) is 0 Å². The Bertz CT molecular complexity index is 261. The van der Waals surface area contributed by atoms with Gasteiger partial charge in [0.1, 0.15) is 0 Å². The summed E-state index contributed by atoms with van der Waals surface area (Å²) in [5.74, 6) is -0.270. The molecule has 1 aliphatic carbocycles. The first-order chi connectivity index (χ1) is 5.74. The quantitative estimate of drug-likeness (QED) is 0.587. The summed E-state index contributed by atoms with van der Waals surface area (Å²) in [7, 11) is 0. The highest BCUT2D eigenvalue weighted by Gasteiger charge is 2.13. The van der Waals surface area contributed by atoms with Crippen molar-refractivity contribution < 1.29 is 14.3 Å². The molecule has 12 heavy (non-hydrogen) atoms. The first kappa shape index (κ1) is 8.71. The van der Waals surface area contributed by atoms with Crippen molar-refractivity contribution in [1.82, 2.24) is 0 Å². The van der Waals surface area contributed by atoms with Gasteiger partial charge >= 0.3 is 0 Å². The number of carbonyl (C=O) groups is 2. The lowest BCUT2D eigenvalue weighted by atomic mass is 10.1. The van der Waals surface area contributed by atoms with E-state index in [2.05, 4.69) is 0 Å². The molecule has 0 aliphatic heterocycles. The molecule has 0 radical (unpaired) electrons. The van der Waals surface area contributed by atoms with Gasteiger partial charge in [0.05, 0.1) is 6.61 Å². The van der Waals surface area contributed by atoms with Gasteiger partial charge in [0.2, 0.25) is 5.78 Å². The van der Waals surface area contributed by atoms with E-state index in [1.807, 2.05) is 6.92 Å². The Kier molecular flexibility index (Phi) is 2.80. The van der Waals surface area contributed by atoms with Crippen LogP contribution in [-0.2, 0) is 14.3 Å². The van der Waals surface area contributed by atoms with Gasteiger partial charge < -0.3 is 4.74 Å². The first-order valence-corrected chi connectivity index (χ1v) is 3.85. The SMILES string of the molecule is CCCOC1=CC(=O)C=CC1=O. The zero-order chi connectivity index (χ0) is 8.97. The van der Waals surface area contributed by atoms with Crippen LogP contribution < -0.4 is 0 Å². The Hall–Kier alpha value is -1.38. The van der Waals surface area contributed by atoms with E-state index in [0.717, 1.165) is 6.42 Å². The van der Waals surface area contributed by atoms with Crippen LogP contribution >= 0.6 is 0 Å². The van der Waals surface area contributed by atoms with Gasteiger partial charge in [-0.15, -0.1) is 0 Å². The minimum atomic E-state index is -0.233. The maximum atomic E-state index is 11.0. The van der Waals surface area contributed by atoms with E-state index in [0.29, 0.717) is 6.61 Å². The van der Waals surface area contributed by atoms with Crippen LogP contribution in [0.3, 0.4) is 0 Å². The molecule has 3 heteroatoms. The van der Waals surface area contributed by atoms with Gasteiger partial charge in [-0.3, -0.25) is 9.59 Å². The van der Waals surface area contributed by atoms with E-state index >= 15 is 0 Å². The van der Waals surface area contributed by atoms with E-state index in [1.54, 1.807) is 0 Å². The third kappa shape index (κ3) is 2.05. The first-order valence-electron chi connectivity index (χ1n) is 3.85. The molecular formula is C9H10O3. The zero-order valence-electron chi connectivity index (χ0n) is 6.87. The van der Waals surface area contributed by atoms with Gasteiger partial charge in [-0.05, 0) is 18.6 Å². The van der Waals surface area contributed by atoms with Gasteiger partial charge in [0, 0.05) is 6.08 Å². The van der Waals surface area contributed by atoms with Crippen molar-refractivity contribution in [2.24, 2.45) is 0 Å². The van der Waals surface area contributed by atoms with Crippen LogP contribution in [-0.4, -0.2) is 18.2 Å². The molecule has 3 nitrogen and oxygen atoms in total. The van der Waals surface area contributed by atoms with Crippen molar-refractivity contribution >= 4 is 11.6 Å². The molecule has 0 amide bonds. The summed E-state index contributed by atoms with van der Waals surface area (Å²) < 4.78 is 5.05. The molecule has 0 heterocycles. The Morgan fingerprint density at radius 2 is 2.08 bits per heavy atom. The molecule has 0 unspecified atom stereocenters. The largest absolute Gasteiger partial charge is 0.489 e. The van der Waals surface area contributed by atoms with Crippen LogP contribution in [0.15, 0.2) is 24.0 Å². The molecule has 0 saturated heterocycles. The molecule has 0 aromatic heterocycles. The van der Waals surface area contributed by atoms with Crippen molar-refractivity contribution in [3.8, 4) is 0 Å². The average Bonchev–Trinajstić information content (AvgIpc) is 2.07. The lowest BCUT2D eigenvalue weighted by molar-refractivity contribution is -0.117. The van der Waals surface area contributed by atoms with E-state index in [1.165, 1.54) is 18.2 Å². The maximum Gasteiger partial charge on any atom is 0.220 e. The van der Waals surface area contributed by atoms with Crippen LogP contribution in [0.25, 0.3) is 0 Å². The molecule has 0 bridgehead atoms. The van der Waals surface area contributed by atoms with E-state index < -0.39 is 0 Å². The minimum Gasteiger partial charge on any atom is -0.489 e. The minimum absolute atomic E-state index is 0.157. The lowest BCUT2D eigenvalue weighted by Crippen LogP contribution is -2.10. The molecule has 0 atom stereocenters. The lowest BCUT2D eigenvalue weighted by Gasteiger charge is -2.07. The Morgan fingerprint density at radius 1 is 1.33 bits per heavy atom. The second-order valence-electron chi connectivity index (χ2n) is 2.46. The van der Waals surface area contributed by atoms with Crippen molar-refractivity contribution in [2.45, 2.75) is 13.3 Å². The Balaban J connectivity index is 2.62. The average molecular weight is 166 g/mol. The second kappa shape index (κ2) is 3.85. The van der Waals surface area contributed by atoms with Crippen molar-refractivity contribution in [2.75, 3.05) is 6.61 Å². The number of hydrogen-bond donors (Lipinski definition) is 0. The topological polar surface area (TPSA) is 43.4 Å². The molecule has 0 fully saturated rings. The number of carbonyl (C=O) groups excluding carboxylic acids is 2. The highest BCUT2D eigenvalue weighted by molar-refractivity contribution is 6.16. The van der Waals surface area contributed by atoms with Crippen LogP contribution in [0.2, 0.25) is 0 Å². The molecule has 0 saturated carbocycles. The number of ether oxygens (including phenoxy) is 1. The third-order valence-electron chi connectivity index (χ3n) is 1.38. The highest BCUT2D eigenvalue weighted by Crippen LogP contribution is 2.06. The Labute approximate surface area is 70.7 Å². The highest BCUT2D eigenvalue weighted by atomic mass is 16.5. The van der Waals surface area contributed by atoms with Gasteiger partial charge in [0.15, 0.2) is 11.5 Å². The fourth-order valence-electron chi connectivity index (χ4n) is 0.813. The fourth-order valence-corrected chi connectivity index (χ4v) is 0.813. The van der Waals surface area contributed by atoms with E-state index in [4.69, 9.17) is 4.74 Å². The number of allylic oxidation sites excluding steroid dienone is 3. The van der Waals surface area contributed by atoms with Crippen LogP contribution in [0, 0.1) is 0 Å². The fraction of sp³-hybridized carbons (Fsp3) is 0.333. The maximum absolute atomic E-state index is 11.0. The summed E-state index contributed by atoms with van der Waals surface area (Å²) in [6, 6.07) is 0. The molecule has 64 valence electrons. The molecule has 0 spiro atoms. The summed E-state index contributed by atoms with van der Waals surface area (Å²) in [5.41, 5.74) is 0. The van der Waals surface area contributed by atoms with E-state index in [-0.39, 0.29) is 17.3 Å². The van der Waals surface area contributed by atoms with E-state index in [9.17, 15) is 9.59 Å². The van der Waals surface area contributed by atoms with Gasteiger partial charge in [0.25, 0.3) is 0 Å². The van der Waals surface area contributed by atoms with Gasteiger partial charge in [-0.1, -0.05) is 6.92 Å². The summed E-state index contributed by atoms with van der Waals surface area (Å²) >= 11 is 0. The molecule has 1 aliphatic rings. The van der Waals surface area contributed by atoms with Gasteiger partial charge in [-0.2, -0.15) is 0 Å². The van der Waals surface area contributed by atoms with Crippen LogP contribution in [0.5, 0.6) is 0 Å². The molecule has 0 aromatic rings. The zero-order valence-corrected chi connectivity index (χ0v) is 6.87. The summed E-state index contributed by atoms with van der Waals surface area (Å²) in [5, 5.41) is 0. The number of ketones is 2. The van der Waals surface area contributed by atoms with Gasteiger partial charge in [-0.25, -0.2) is 0 Å². The molecule has 0 N–H and O–H groups in total. The molecule has 0 aromatic carbocycles. The molecular weight excluding hydrogens is 156 g/mol. The number of hydrogen-bond acceptors (Lipinski definition) is 3. The normalized spacial score (nSPS) is 16.2. The Morgan fingerprint density at radius 3 is 2.75 bits per heavy atom. The summed E-state index contributed by atoms with van der Waals surface area (Å²) in [6.07, 6.45) is 4.51. The predicted octanol–water partition coefficient (Wildman–Crippen LogP) is 1.00. The number of rotatable bonds is 3.